The molecular formula is C42H37NO. The van der Waals surface area contributed by atoms with E-state index in [0.29, 0.717) is 0 Å². The van der Waals surface area contributed by atoms with Crippen molar-refractivity contribution in [3.05, 3.63) is 149 Å². The second kappa shape index (κ2) is 12.2. The Bertz CT molecular complexity index is 2350. The largest absolute Gasteiger partial charge is 0.275 e. The van der Waals surface area contributed by atoms with E-state index in [2.05, 4.69) is 97.9 Å². The molecule has 0 fully saturated rings. The van der Waals surface area contributed by atoms with Gasteiger partial charge in [-0.15, -0.1) is 0 Å². The van der Waals surface area contributed by atoms with Crippen LogP contribution < -0.4 is 5.56 Å². The highest BCUT2D eigenvalue weighted by atomic mass is 16.1. The zero-order valence-corrected chi connectivity index (χ0v) is 26.1. The van der Waals surface area contributed by atoms with Crippen LogP contribution in [0.3, 0.4) is 0 Å². The summed E-state index contributed by atoms with van der Waals surface area (Å²) in [5, 5.41) is 7.63. The number of para-hydroxylation sites is 1. The van der Waals surface area contributed by atoms with Gasteiger partial charge in [0.2, 0.25) is 0 Å². The lowest BCUT2D eigenvalue weighted by Gasteiger charge is -2.12. The molecule has 216 valence electrons. The molecule has 0 N–H and O–H groups in total. The first-order valence-electron chi connectivity index (χ1n) is 15.5. The number of pyridine rings is 1. The summed E-state index contributed by atoms with van der Waals surface area (Å²) in [6.07, 6.45) is 4.00. The number of hydrogen-bond acceptors (Lipinski definition) is 1. The summed E-state index contributed by atoms with van der Waals surface area (Å²) in [6, 6.07) is 42.6. The predicted octanol–water partition coefficient (Wildman–Crippen LogP) is 11.6. The standard InChI is InChI=1S/C36H23NO.C4H8.C2H6/c1-22-17-18-27(28-12-3-2-11-26(22)28)24-10-8-9-23(19-24)25-20-32-29-13-4-5-15-31(29)36(38)37-34-16-7-6-14-30(34)33(21-25)35(32)37;1-3-4-2;1-2/h2-21H,1H3;3-4H,1-2H3;1-2H3/b;4-3-;. The van der Waals surface area contributed by atoms with Crippen molar-refractivity contribution in [1.29, 1.82) is 0 Å². The van der Waals surface area contributed by atoms with Crippen molar-refractivity contribution in [2.24, 2.45) is 0 Å². The van der Waals surface area contributed by atoms with Gasteiger partial charge in [-0.05, 0) is 95.1 Å². The lowest BCUT2D eigenvalue weighted by atomic mass is 9.92. The first-order chi connectivity index (χ1) is 21.6. The van der Waals surface area contributed by atoms with Crippen molar-refractivity contribution in [2.45, 2.75) is 34.6 Å². The number of allylic oxidation sites excluding steroid dienone is 2. The van der Waals surface area contributed by atoms with Crippen molar-refractivity contribution in [1.82, 2.24) is 4.40 Å². The number of benzene rings is 6. The summed E-state index contributed by atoms with van der Waals surface area (Å²) in [5.41, 5.74) is 8.04. The molecule has 44 heavy (non-hydrogen) atoms. The van der Waals surface area contributed by atoms with Gasteiger partial charge in [-0.1, -0.05) is 117 Å². The van der Waals surface area contributed by atoms with Crippen molar-refractivity contribution < 1.29 is 0 Å². The molecule has 6 aromatic carbocycles. The summed E-state index contributed by atoms with van der Waals surface area (Å²) in [5.74, 6) is 0. The molecule has 0 bridgehead atoms. The molecule has 2 aromatic heterocycles. The van der Waals surface area contributed by atoms with Gasteiger partial charge in [-0.3, -0.25) is 9.20 Å². The fourth-order valence-corrected chi connectivity index (χ4v) is 6.27. The van der Waals surface area contributed by atoms with E-state index in [0.717, 1.165) is 49.1 Å². The van der Waals surface area contributed by atoms with Crippen LogP contribution in [-0.4, -0.2) is 4.40 Å². The van der Waals surface area contributed by atoms with Gasteiger partial charge in [-0.2, -0.15) is 0 Å². The molecule has 0 aliphatic heterocycles. The number of aromatic nitrogens is 1. The summed E-state index contributed by atoms with van der Waals surface area (Å²) in [6.45, 7) is 10.2. The molecule has 0 radical (unpaired) electrons. The molecule has 0 aliphatic rings. The molecule has 0 spiro atoms. The Hall–Kier alpha value is -5.21. The van der Waals surface area contributed by atoms with E-state index in [1.54, 1.807) is 0 Å². The minimum atomic E-state index is 0.0419. The second-order valence-electron chi connectivity index (χ2n) is 10.8. The Morgan fingerprint density at radius 3 is 1.77 bits per heavy atom. The van der Waals surface area contributed by atoms with Crippen molar-refractivity contribution >= 4 is 48.7 Å². The van der Waals surface area contributed by atoms with Crippen LogP contribution >= 0.6 is 0 Å². The number of hydrogen-bond donors (Lipinski definition) is 0. The molecule has 8 aromatic rings. The van der Waals surface area contributed by atoms with Gasteiger partial charge < -0.3 is 0 Å². The quantitative estimate of drug-likeness (QED) is 0.149. The van der Waals surface area contributed by atoms with E-state index in [4.69, 9.17) is 0 Å². The van der Waals surface area contributed by atoms with Gasteiger partial charge in [0.25, 0.3) is 5.56 Å². The monoisotopic (exact) mass is 571 g/mol. The molecule has 2 heteroatoms. The van der Waals surface area contributed by atoms with Crippen LogP contribution in [-0.2, 0) is 0 Å². The summed E-state index contributed by atoms with van der Waals surface area (Å²) >= 11 is 0. The third-order valence-electron chi connectivity index (χ3n) is 8.40. The maximum absolute atomic E-state index is 13.6. The third kappa shape index (κ3) is 4.73. The summed E-state index contributed by atoms with van der Waals surface area (Å²) in [4.78, 5) is 13.6. The fourth-order valence-electron chi connectivity index (χ4n) is 6.27. The van der Waals surface area contributed by atoms with E-state index in [9.17, 15) is 4.79 Å². The summed E-state index contributed by atoms with van der Waals surface area (Å²) < 4.78 is 1.90. The lowest BCUT2D eigenvalue weighted by molar-refractivity contribution is 1.21. The Kier molecular flexibility index (Phi) is 8.00. The molecule has 0 aliphatic carbocycles. The first kappa shape index (κ1) is 28.9. The highest BCUT2D eigenvalue weighted by molar-refractivity contribution is 6.21. The Balaban J connectivity index is 0.000000532. The van der Waals surface area contributed by atoms with E-state index in [1.165, 1.54) is 27.5 Å². The zero-order valence-electron chi connectivity index (χ0n) is 26.1. The normalized spacial score (nSPS) is 11.3. The molecule has 0 saturated carbocycles. The van der Waals surface area contributed by atoms with Crippen LogP contribution in [0.5, 0.6) is 0 Å². The number of aryl methyl sites for hydroxylation is 1. The van der Waals surface area contributed by atoms with E-state index < -0.39 is 0 Å². The molecule has 2 nitrogen and oxygen atoms in total. The Labute approximate surface area is 258 Å². The molecular weight excluding hydrogens is 534 g/mol. The van der Waals surface area contributed by atoms with Gasteiger partial charge in [0.15, 0.2) is 0 Å². The van der Waals surface area contributed by atoms with E-state index >= 15 is 0 Å². The molecule has 0 unspecified atom stereocenters. The Morgan fingerprint density at radius 2 is 1.07 bits per heavy atom. The van der Waals surface area contributed by atoms with Gasteiger partial charge in [0.1, 0.15) is 0 Å². The van der Waals surface area contributed by atoms with Crippen molar-refractivity contribution in [3.8, 4) is 22.3 Å². The number of nitrogens with zero attached hydrogens (tertiary/aromatic N) is 1. The molecule has 8 rings (SSSR count). The van der Waals surface area contributed by atoms with Gasteiger partial charge >= 0.3 is 0 Å². The maximum Gasteiger partial charge on any atom is 0.263 e. The van der Waals surface area contributed by atoms with Gasteiger partial charge in [0, 0.05) is 21.5 Å². The number of rotatable bonds is 2. The molecule has 2 heterocycles. The van der Waals surface area contributed by atoms with Gasteiger partial charge in [-0.25, -0.2) is 0 Å². The third-order valence-corrected chi connectivity index (χ3v) is 8.40. The average molecular weight is 572 g/mol. The topological polar surface area (TPSA) is 21.5 Å². The lowest BCUT2D eigenvalue weighted by Crippen LogP contribution is -2.12. The van der Waals surface area contributed by atoms with Crippen LogP contribution in [0.25, 0.3) is 71.0 Å². The van der Waals surface area contributed by atoms with Crippen LogP contribution in [0.15, 0.2) is 138 Å². The van der Waals surface area contributed by atoms with Crippen molar-refractivity contribution in [2.75, 3.05) is 0 Å². The minimum Gasteiger partial charge on any atom is -0.275 e. The smallest absolute Gasteiger partial charge is 0.263 e. The highest BCUT2D eigenvalue weighted by Crippen LogP contribution is 2.39. The molecule has 0 amide bonds. The fraction of sp³-hybridized carbons (Fsp3) is 0.119. The predicted molar refractivity (Wildman–Crippen MR) is 192 cm³/mol. The minimum absolute atomic E-state index is 0.0419. The highest BCUT2D eigenvalue weighted by Gasteiger charge is 2.18. The van der Waals surface area contributed by atoms with E-state index in [1.807, 2.05) is 74.6 Å². The molecule has 0 atom stereocenters. The van der Waals surface area contributed by atoms with Crippen molar-refractivity contribution in [3.63, 3.8) is 0 Å². The maximum atomic E-state index is 13.6. The second-order valence-corrected chi connectivity index (χ2v) is 10.8. The molecule has 0 saturated heterocycles. The van der Waals surface area contributed by atoms with E-state index in [-0.39, 0.29) is 5.56 Å². The summed E-state index contributed by atoms with van der Waals surface area (Å²) in [7, 11) is 0. The van der Waals surface area contributed by atoms with Gasteiger partial charge in [0.05, 0.1) is 11.0 Å². The van der Waals surface area contributed by atoms with Crippen LogP contribution in [0.4, 0.5) is 0 Å². The Morgan fingerprint density at radius 1 is 0.500 bits per heavy atom. The zero-order chi connectivity index (χ0) is 30.8. The first-order valence-corrected chi connectivity index (χ1v) is 15.5. The van der Waals surface area contributed by atoms with Crippen LogP contribution in [0, 0.1) is 6.92 Å². The van der Waals surface area contributed by atoms with Crippen LogP contribution in [0.2, 0.25) is 0 Å². The number of fused-ring (bicyclic) bond motifs is 6. The van der Waals surface area contributed by atoms with Crippen LogP contribution in [0.1, 0.15) is 33.3 Å². The SMILES string of the molecule is C/C=C\C.CC.Cc1ccc(-c2cccc(-c3cc4c5ccccc5c(=O)n5c6ccccc6c(c3)c45)c2)c2ccccc12. The average Bonchev–Trinajstić information content (AvgIpc) is 3.43.